The van der Waals surface area contributed by atoms with Gasteiger partial charge in [-0.3, -0.25) is 9.80 Å². The fourth-order valence-electron chi connectivity index (χ4n) is 4.76. The van der Waals surface area contributed by atoms with Crippen molar-refractivity contribution >= 4 is 0 Å². The van der Waals surface area contributed by atoms with Crippen LogP contribution in [0.25, 0.3) is 0 Å². The van der Waals surface area contributed by atoms with Crippen molar-refractivity contribution in [3.8, 4) is 0 Å². The van der Waals surface area contributed by atoms with E-state index in [-0.39, 0.29) is 39.5 Å². The summed E-state index contributed by atoms with van der Waals surface area (Å²) in [6, 6.07) is 6.80. The summed E-state index contributed by atoms with van der Waals surface area (Å²) in [6.45, 7) is -2.92. The predicted molar refractivity (Wildman–Crippen MR) is 139 cm³/mol. The topological polar surface area (TPSA) is 34.2 Å². The standard InChI is InChI=1S/C30H30F8N2O3/c1-39-11-17-4-3-5-18(10-17)12-40(2)14-20-25(33)29(37)22(30(38)26(20)34)16-43-9-7-41-6-8-42-15-21-27(35)23(31)19(13-39)24(32)28(21)36/h3-5,10H,6-9,11-16H2,1-2H3. The van der Waals surface area contributed by atoms with Gasteiger partial charge in [0, 0.05) is 37.3 Å². The van der Waals surface area contributed by atoms with E-state index in [4.69, 9.17) is 14.2 Å². The molecule has 3 aromatic carbocycles. The van der Waals surface area contributed by atoms with Gasteiger partial charge in [0.2, 0.25) is 0 Å². The van der Waals surface area contributed by atoms with Gasteiger partial charge < -0.3 is 14.2 Å². The molecule has 0 radical (unpaired) electrons. The fourth-order valence-corrected chi connectivity index (χ4v) is 4.76. The summed E-state index contributed by atoms with van der Waals surface area (Å²) in [5.74, 6) is -12.3. The summed E-state index contributed by atoms with van der Waals surface area (Å²) in [6.07, 6.45) is 0. The number of ether oxygens (including phenoxy) is 3. The third-order valence-corrected chi connectivity index (χ3v) is 6.88. The zero-order valence-electron chi connectivity index (χ0n) is 23.5. The number of halogens is 8. The Morgan fingerprint density at radius 1 is 0.465 bits per heavy atom. The van der Waals surface area contributed by atoms with E-state index in [2.05, 4.69) is 0 Å². The maximum absolute atomic E-state index is 14.8. The van der Waals surface area contributed by atoms with Gasteiger partial charge in [-0.15, -0.1) is 0 Å². The lowest BCUT2D eigenvalue weighted by atomic mass is 10.1. The van der Waals surface area contributed by atoms with Crippen molar-refractivity contribution in [3.63, 3.8) is 0 Å². The summed E-state index contributed by atoms with van der Waals surface area (Å²) in [4.78, 5) is 2.89. The lowest BCUT2D eigenvalue weighted by molar-refractivity contribution is 0.00497. The van der Waals surface area contributed by atoms with Crippen molar-refractivity contribution in [1.29, 1.82) is 0 Å². The zero-order chi connectivity index (χ0) is 31.3. The first-order chi connectivity index (χ1) is 20.5. The van der Waals surface area contributed by atoms with E-state index in [1.807, 2.05) is 0 Å². The minimum Gasteiger partial charge on any atom is -0.377 e. The van der Waals surface area contributed by atoms with Crippen LogP contribution in [-0.2, 0) is 53.6 Å². The average Bonchev–Trinajstić information content (AvgIpc) is 2.97. The van der Waals surface area contributed by atoms with Gasteiger partial charge in [-0.2, -0.15) is 0 Å². The molecule has 4 heterocycles. The summed E-state index contributed by atoms with van der Waals surface area (Å²) in [7, 11) is 3.01. The highest BCUT2D eigenvalue weighted by Gasteiger charge is 2.27. The van der Waals surface area contributed by atoms with E-state index >= 15 is 0 Å². The summed E-state index contributed by atoms with van der Waals surface area (Å²) >= 11 is 0. The van der Waals surface area contributed by atoms with Crippen molar-refractivity contribution in [2.24, 2.45) is 0 Å². The summed E-state index contributed by atoms with van der Waals surface area (Å²) in [5, 5.41) is 0. The predicted octanol–water partition coefficient (Wildman–Crippen LogP) is 6.13. The Labute approximate surface area is 243 Å². The van der Waals surface area contributed by atoms with E-state index in [1.54, 1.807) is 24.3 Å². The molecule has 0 aliphatic carbocycles. The van der Waals surface area contributed by atoms with Crippen LogP contribution in [0.1, 0.15) is 33.4 Å². The highest BCUT2D eigenvalue weighted by molar-refractivity contribution is 5.31. The van der Waals surface area contributed by atoms with Crippen molar-refractivity contribution in [2.45, 2.75) is 39.4 Å². The van der Waals surface area contributed by atoms with E-state index in [0.717, 1.165) is 0 Å². The molecule has 0 saturated heterocycles. The normalized spacial score (nSPS) is 17.1. The van der Waals surface area contributed by atoms with E-state index < -0.39 is 95.1 Å². The molecule has 7 rings (SSSR count). The monoisotopic (exact) mass is 618 g/mol. The molecule has 0 N–H and O–H groups in total. The van der Waals surface area contributed by atoms with Crippen LogP contribution in [0.15, 0.2) is 24.3 Å². The van der Waals surface area contributed by atoms with Gasteiger partial charge in [0.25, 0.3) is 0 Å². The van der Waals surface area contributed by atoms with Crippen molar-refractivity contribution in [2.75, 3.05) is 40.5 Å². The van der Waals surface area contributed by atoms with E-state index in [1.165, 1.54) is 23.9 Å². The molecular formula is C30H30F8N2O3. The molecule has 4 aliphatic rings. The van der Waals surface area contributed by atoms with Crippen molar-refractivity contribution < 1.29 is 49.3 Å². The van der Waals surface area contributed by atoms with Gasteiger partial charge in [-0.25, -0.2) is 35.1 Å². The average molecular weight is 619 g/mol. The number of rotatable bonds is 0. The third kappa shape index (κ3) is 7.71. The van der Waals surface area contributed by atoms with Gasteiger partial charge >= 0.3 is 0 Å². The first-order valence-electron chi connectivity index (χ1n) is 13.3. The molecule has 0 aromatic heterocycles. The van der Waals surface area contributed by atoms with Crippen LogP contribution in [0.2, 0.25) is 0 Å². The maximum Gasteiger partial charge on any atom is 0.167 e. The van der Waals surface area contributed by atoms with Gasteiger partial charge in [0.15, 0.2) is 46.5 Å². The van der Waals surface area contributed by atoms with Crippen LogP contribution >= 0.6 is 0 Å². The Morgan fingerprint density at radius 3 is 1.16 bits per heavy atom. The SMILES string of the molecule is CN1Cc2cccc(c2)CN(C)Cc2c(F)c(F)c(c(F)c2F)COCCOCCOCc2c(F)c(F)c(c(F)c2F)C1. The number of hydrogen-bond donors (Lipinski definition) is 0. The van der Waals surface area contributed by atoms with Crippen LogP contribution in [0.3, 0.4) is 0 Å². The molecule has 0 atom stereocenters. The smallest absolute Gasteiger partial charge is 0.167 e. The van der Waals surface area contributed by atoms with Crippen LogP contribution in [0, 0.1) is 46.5 Å². The number of benzene rings is 3. The fraction of sp³-hybridized carbons (Fsp3) is 0.400. The lowest BCUT2D eigenvalue weighted by Crippen LogP contribution is -2.22. The second-order valence-electron chi connectivity index (χ2n) is 10.3. The Morgan fingerprint density at radius 2 is 0.791 bits per heavy atom. The lowest BCUT2D eigenvalue weighted by Gasteiger charge is -2.21. The molecule has 13 heteroatoms. The second kappa shape index (κ2) is 14.6. The first-order valence-corrected chi connectivity index (χ1v) is 13.3. The Kier molecular flexibility index (Phi) is 11.1. The van der Waals surface area contributed by atoms with Crippen molar-refractivity contribution in [1.82, 2.24) is 9.80 Å². The molecule has 0 spiro atoms. The third-order valence-electron chi connectivity index (χ3n) is 6.88. The molecule has 43 heavy (non-hydrogen) atoms. The van der Waals surface area contributed by atoms with E-state index in [9.17, 15) is 35.1 Å². The molecule has 0 fully saturated rings. The molecule has 5 nitrogen and oxygen atoms in total. The summed E-state index contributed by atoms with van der Waals surface area (Å²) < 4.78 is 133. The Bertz CT molecular complexity index is 1290. The summed E-state index contributed by atoms with van der Waals surface area (Å²) in [5.41, 5.74) is -2.06. The molecule has 4 aliphatic heterocycles. The van der Waals surface area contributed by atoms with Crippen molar-refractivity contribution in [3.05, 3.63) is 104 Å². The van der Waals surface area contributed by atoms with Crippen LogP contribution < -0.4 is 0 Å². The highest BCUT2D eigenvalue weighted by atomic mass is 19.2. The molecule has 0 saturated carbocycles. The zero-order valence-corrected chi connectivity index (χ0v) is 23.5. The van der Waals surface area contributed by atoms with Gasteiger partial charge in [-0.1, -0.05) is 24.3 Å². The molecule has 234 valence electrons. The largest absolute Gasteiger partial charge is 0.377 e. The quantitative estimate of drug-likeness (QED) is 0.224. The van der Waals surface area contributed by atoms with Gasteiger partial charge in [-0.05, 0) is 25.2 Å². The Hall–Kier alpha value is -3.10. The highest BCUT2D eigenvalue weighted by Crippen LogP contribution is 2.28. The first kappa shape index (κ1) is 32.8. The van der Waals surface area contributed by atoms with Gasteiger partial charge in [0.1, 0.15) is 0 Å². The van der Waals surface area contributed by atoms with Crippen LogP contribution in [-0.4, -0.2) is 50.3 Å². The number of nitrogens with zero attached hydrogens (tertiary/aromatic N) is 2. The maximum atomic E-state index is 14.8. The molecule has 3 aromatic rings. The molecular weight excluding hydrogens is 588 g/mol. The minimum atomic E-state index is -1.55. The molecule has 0 unspecified atom stereocenters. The van der Waals surface area contributed by atoms with Crippen LogP contribution in [0.5, 0.6) is 0 Å². The minimum absolute atomic E-state index is 0.119. The molecule has 0 amide bonds. The molecule has 6 bridgehead atoms. The van der Waals surface area contributed by atoms with Gasteiger partial charge in [0.05, 0.1) is 50.8 Å². The number of hydrogen-bond acceptors (Lipinski definition) is 5. The van der Waals surface area contributed by atoms with E-state index in [0.29, 0.717) is 11.1 Å². The van der Waals surface area contributed by atoms with Crippen LogP contribution in [0.4, 0.5) is 35.1 Å². The Balaban J connectivity index is 1.60. The second-order valence-corrected chi connectivity index (χ2v) is 10.3.